The second-order valence-corrected chi connectivity index (χ2v) is 7.81. The lowest BCUT2D eigenvalue weighted by atomic mass is 9.84. The maximum absolute atomic E-state index is 13.3. The molecule has 0 aromatic heterocycles. The van der Waals surface area contributed by atoms with Crippen molar-refractivity contribution in [1.82, 2.24) is 10.4 Å². The minimum atomic E-state index is -0.366. The Balaban J connectivity index is 1.75. The summed E-state index contributed by atoms with van der Waals surface area (Å²) in [5.41, 5.74) is 6.00. The maximum Gasteiger partial charge on any atom is 0.123 e. The SMILES string of the molecule is CON1CCC2(CC1)NCC(c1c(C)ccc(-c3ccc(F)cc3)c1C)=C2O. The molecule has 1 saturated heterocycles. The monoisotopic (exact) mass is 382 g/mol. The fraction of sp³-hybridized carbons (Fsp3) is 0.391. The minimum absolute atomic E-state index is 0.238. The van der Waals surface area contributed by atoms with Gasteiger partial charge in [-0.25, -0.2) is 4.39 Å². The molecule has 2 heterocycles. The molecule has 2 aromatic rings. The quantitative estimate of drug-likeness (QED) is 0.827. The molecule has 0 amide bonds. The molecule has 0 radical (unpaired) electrons. The maximum atomic E-state index is 13.3. The van der Waals surface area contributed by atoms with Gasteiger partial charge in [-0.3, -0.25) is 0 Å². The fourth-order valence-electron chi connectivity index (χ4n) is 4.64. The molecule has 2 N–H and O–H groups in total. The highest BCUT2D eigenvalue weighted by Gasteiger charge is 2.44. The first kappa shape index (κ1) is 19.1. The second-order valence-electron chi connectivity index (χ2n) is 7.81. The van der Waals surface area contributed by atoms with Crippen molar-refractivity contribution in [1.29, 1.82) is 0 Å². The summed E-state index contributed by atoms with van der Waals surface area (Å²) >= 11 is 0. The molecule has 1 spiro atoms. The predicted octanol–water partition coefficient (Wildman–Crippen LogP) is 4.38. The van der Waals surface area contributed by atoms with Crippen LogP contribution in [0.2, 0.25) is 0 Å². The predicted molar refractivity (Wildman–Crippen MR) is 109 cm³/mol. The van der Waals surface area contributed by atoms with Crippen LogP contribution in [0.1, 0.15) is 29.5 Å². The van der Waals surface area contributed by atoms with Crippen molar-refractivity contribution in [2.75, 3.05) is 26.7 Å². The molecular formula is C23H27FN2O2. The van der Waals surface area contributed by atoms with Crippen molar-refractivity contribution < 1.29 is 14.3 Å². The Hall–Kier alpha value is -2.21. The normalized spacial score (nSPS) is 19.6. The number of nitrogens with one attached hydrogen (secondary N) is 1. The van der Waals surface area contributed by atoms with Crippen molar-refractivity contribution in [2.45, 2.75) is 32.2 Å². The Bertz CT molecular complexity index is 913. The molecule has 1 fully saturated rings. The number of aliphatic hydroxyl groups is 1. The number of benzene rings is 2. The molecule has 0 aliphatic carbocycles. The summed E-state index contributed by atoms with van der Waals surface area (Å²) < 4.78 is 13.3. The number of rotatable bonds is 3. The zero-order valence-corrected chi connectivity index (χ0v) is 16.7. The number of hydrogen-bond donors (Lipinski definition) is 2. The molecule has 4 nitrogen and oxygen atoms in total. The van der Waals surface area contributed by atoms with Crippen LogP contribution in [0, 0.1) is 19.7 Å². The van der Waals surface area contributed by atoms with Crippen LogP contribution in [-0.2, 0) is 4.84 Å². The van der Waals surface area contributed by atoms with Gasteiger partial charge in [0.15, 0.2) is 0 Å². The van der Waals surface area contributed by atoms with Crippen LogP contribution < -0.4 is 5.32 Å². The fourth-order valence-corrected chi connectivity index (χ4v) is 4.64. The van der Waals surface area contributed by atoms with E-state index in [0.29, 0.717) is 12.3 Å². The van der Waals surface area contributed by atoms with Gasteiger partial charge < -0.3 is 15.3 Å². The smallest absolute Gasteiger partial charge is 0.123 e. The molecule has 148 valence electrons. The summed E-state index contributed by atoms with van der Waals surface area (Å²) in [5.74, 6) is 0.226. The topological polar surface area (TPSA) is 44.7 Å². The van der Waals surface area contributed by atoms with E-state index in [4.69, 9.17) is 4.84 Å². The number of nitrogens with zero attached hydrogens (tertiary/aromatic N) is 1. The van der Waals surface area contributed by atoms with Gasteiger partial charge in [-0.15, -0.1) is 0 Å². The molecule has 28 heavy (non-hydrogen) atoms. The first-order chi connectivity index (χ1) is 13.4. The highest BCUT2D eigenvalue weighted by molar-refractivity contribution is 5.82. The van der Waals surface area contributed by atoms with Gasteiger partial charge >= 0.3 is 0 Å². The van der Waals surface area contributed by atoms with E-state index in [-0.39, 0.29) is 11.4 Å². The summed E-state index contributed by atoms with van der Waals surface area (Å²) in [7, 11) is 1.69. The zero-order valence-electron chi connectivity index (χ0n) is 16.7. The van der Waals surface area contributed by atoms with E-state index < -0.39 is 0 Å². The third-order valence-corrected chi connectivity index (χ3v) is 6.31. The van der Waals surface area contributed by atoms with Gasteiger partial charge in [-0.2, -0.15) is 5.06 Å². The second kappa shape index (κ2) is 7.32. The van der Waals surface area contributed by atoms with E-state index in [9.17, 15) is 9.50 Å². The zero-order chi connectivity index (χ0) is 19.9. The van der Waals surface area contributed by atoms with E-state index in [2.05, 4.69) is 31.3 Å². The van der Waals surface area contributed by atoms with Crippen molar-refractivity contribution in [2.24, 2.45) is 0 Å². The van der Waals surface area contributed by atoms with Crippen LogP contribution in [0.5, 0.6) is 0 Å². The number of halogens is 1. The highest BCUT2D eigenvalue weighted by Crippen LogP contribution is 2.41. The van der Waals surface area contributed by atoms with Crippen molar-refractivity contribution >= 4 is 5.57 Å². The third kappa shape index (κ3) is 3.13. The van der Waals surface area contributed by atoms with E-state index >= 15 is 0 Å². The molecular weight excluding hydrogens is 355 g/mol. The largest absolute Gasteiger partial charge is 0.510 e. The number of piperidine rings is 1. The molecule has 0 unspecified atom stereocenters. The van der Waals surface area contributed by atoms with Gasteiger partial charge in [-0.05, 0) is 66.6 Å². The van der Waals surface area contributed by atoms with Gasteiger partial charge in [0.05, 0.1) is 12.6 Å². The van der Waals surface area contributed by atoms with Crippen LogP contribution in [0.25, 0.3) is 16.7 Å². The van der Waals surface area contributed by atoms with E-state index in [1.807, 2.05) is 5.06 Å². The minimum Gasteiger partial charge on any atom is -0.510 e. The van der Waals surface area contributed by atoms with Gasteiger partial charge in [0.1, 0.15) is 11.6 Å². The Kier molecular flexibility index (Phi) is 5.00. The molecule has 5 heteroatoms. The van der Waals surface area contributed by atoms with Crippen LogP contribution in [-0.4, -0.2) is 42.5 Å². The number of hydrogen-bond acceptors (Lipinski definition) is 4. The molecule has 4 rings (SSSR count). The first-order valence-electron chi connectivity index (χ1n) is 9.78. The molecule has 2 aromatic carbocycles. The summed E-state index contributed by atoms with van der Waals surface area (Å²) in [4.78, 5) is 5.33. The Morgan fingerprint density at radius 1 is 1.07 bits per heavy atom. The lowest BCUT2D eigenvalue weighted by Gasteiger charge is -2.38. The van der Waals surface area contributed by atoms with Crippen LogP contribution in [0.4, 0.5) is 4.39 Å². The van der Waals surface area contributed by atoms with Crippen LogP contribution >= 0.6 is 0 Å². The van der Waals surface area contributed by atoms with Crippen molar-refractivity contribution in [3.05, 3.63) is 64.7 Å². The summed E-state index contributed by atoms with van der Waals surface area (Å²) in [6.45, 7) is 6.38. The molecule has 0 saturated carbocycles. The highest BCUT2D eigenvalue weighted by atomic mass is 19.1. The lowest BCUT2D eigenvalue weighted by Crippen LogP contribution is -2.51. The number of aryl methyl sites for hydroxylation is 1. The summed E-state index contributed by atoms with van der Waals surface area (Å²) in [5, 5.41) is 16.7. The Morgan fingerprint density at radius 3 is 2.39 bits per heavy atom. The van der Waals surface area contributed by atoms with Crippen LogP contribution in [0.3, 0.4) is 0 Å². The Morgan fingerprint density at radius 2 is 1.75 bits per heavy atom. The first-order valence-corrected chi connectivity index (χ1v) is 9.78. The van der Waals surface area contributed by atoms with E-state index in [0.717, 1.165) is 59.3 Å². The van der Waals surface area contributed by atoms with Gasteiger partial charge in [0.2, 0.25) is 0 Å². The Labute approximate surface area is 165 Å². The molecule has 2 aliphatic heterocycles. The molecule has 0 atom stereocenters. The lowest BCUT2D eigenvalue weighted by molar-refractivity contribution is -0.151. The van der Waals surface area contributed by atoms with Gasteiger partial charge in [-0.1, -0.05) is 24.3 Å². The average Bonchev–Trinajstić information content (AvgIpc) is 3.00. The molecule has 2 aliphatic rings. The third-order valence-electron chi connectivity index (χ3n) is 6.31. The number of aliphatic hydroxyl groups excluding tert-OH is 1. The standard InChI is InChI=1S/C23H27FN2O2/c1-15-4-9-19(17-5-7-18(24)8-6-17)16(2)21(15)20-14-25-23(22(20)27)10-12-26(28-3)13-11-23/h4-9,25,27H,10-14H2,1-3H3. The van der Waals surface area contributed by atoms with Gasteiger partial charge in [0.25, 0.3) is 0 Å². The summed E-state index contributed by atoms with van der Waals surface area (Å²) in [6.07, 6.45) is 1.62. The van der Waals surface area contributed by atoms with Gasteiger partial charge in [0, 0.05) is 25.2 Å². The van der Waals surface area contributed by atoms with Crippen LogP contribution in [0.15, 0.2) is 42.2 Å². The number of hydroxylamine groups is 2. The van der Waals surface area contributed by atoms with E-state index in [1.54, 1.807) is 19.2 Å². The van der Waals surface area contributed by atoms with Crippen molar-refractivity contribution in [3.8, 4) is 11.1 Å². The summed E-state index contributed by atoms with van der Waals surface area (Å²) in [6, 6.07) is 10.7. The average molecular weight is 382 g/mol. The molecule has 0 bridgehead atoms. The van der Waals surface area contributed by atoms with Crippen molar-refractivity contribution in [3.63, 3.8) is 0 Å². The van der Waals surface area contributed by atoms with E-state index in [1.165, 1.54) is 12.1 Å².